The summed E-state index contributed by atoms with van der Waals surface area (Å²) in [5.41, 5.74) is 2.85. The number of aromatic amines is 1. The third kappa shape index (κ3) is 5.81. The molecular weight excluding hydrogens is 388 g/mol. The monoisotopic (exact) mass is 420 g/mol. The van der Waals surface area contributed by atoms with Gasteiger partial charge in [-0.2, -0.15) is 0 Å². The molecule has 3 aromatic rings. The zero-order chi connectivity index (χ0) is 21.8. The van der Waals surface area contributed by atoms with Gasteiger partial charge in [-0.1, -0.05) is 36.4 Å². The van der Waals surface area contributed by atoms with E-state index in [4.69, 9.17) is 9.47 Å². The molecule has 1 heterocycles. The molecular formula is C26H32N2O3. The lowest BCUT2D eigenvalue weighted by atomic mass is 10.1. The van der Waals surface area contributed by atoms with Crippen LogP contribution in [0.4, 0.5) is 4.79 Å². The van der Waals surface area contributed by atoms with Gasteiger partial charge >= 0.3 is 6.09 Å². The fourth-order valence-corrected chi connectivity index (χ4v) is 3.72. The van der Waals surface area contributed by atoms with Gasteiger partial charge < -0.3 is 19.4 Å². The second kappa shape index (κ2) is 9.04. The van der Waals surface area contributed by atoms with Crippen molar-refractivity contribution in [3.63, 3.8) is 0 Å². The standard InChI is InChI=1S/C26H32N2O3/c1-26(2,3)31-25(29)28(17-19-12-13-19)15-14-21-16-27-22-10-7-11-23(24(21)22)30-18-20-8-5-4-6-9-20/h4-11,16,19,27H,12-15,17-18H2,1-3H3. The Morgan fingerprint density at radius 3 is 2.58 bits per heavy atom. The van der Waals surface area contributed by atoms with Gasteiger partial charge in [0.25, 0.3) is 0 Å². The predicted octanol–water partition coefficient (Wildman–Crippen LogP) is 5.94. The third-order valence-corrected chi connectivity index (χ3v) is 5.46. The Kier molecular flexibility index (Phi) is 6.21. The van der Waals surface area contributed by atoms with Gasteiger partial charge in [0.1, 0.15) is 18.0 Å². The molecule has 1 saturated carbocycles. The Hall–Kier alpha value is -2.95. The lowest BCUT2D eigenvalue weighted by molar-refractivity contribution is 0.0243. The number of H-pyrrole nitrogens is 1. The quantitative estimate of drug-likeness (QED) is 0.491. The summed E-state index contributed by atoms with van der Waals surface area (Å²) < 4.78 is 11.8. The number of fused-ring (bicyclic) bond motifs is 1. The average molecular weight is 421 g/mol. The zero-order valence-corrected chi connectivity index (χ0v) is 18.7. The van der Waals surface area contributed by atoms with Crippen molar-refractivity contribution in [1.29, 1.82) is 0 Å². The number of hydrogen-bond donors (Lipinski definition) is 1. The van der Waals surface area contributed by atoms with Crippen LogP contribution < -0.4 is 4.74 Å². The summed E-state index contributed by atoms with van der Waals surface area (Å²) in [5, 5.41) is 1.09. The van der Waals surface area contributed by atoms with Crippen molar-refractivity contribution in [2.75, 3.05) is 13.1 Å². The van der Waals surface area contributed by atoms with Crippen molar-refractivity contribution < 1.29 is 14.3 Å². The van der Waals surface area contributed by atoms with Gasteiger partial charge in [-0.15, -0.1) is 0 Å². The molecule has 0 aliphatic heterocycles. The van der Waals surface area contributed by atoms with Crippen LogP contribution in [0.1, 0.15) is 44.7 Å². The minimum atomic E-state index is -0.488. The topological polar surface area (TPSA) is 54.6 Å². The minimum Gasteiger partial charge on any atom is -0.488 e. The van der Waals surface area contributed by atoms with Gasteiger partial charge in [-0.05, 0) is 69.2 Å². The first kappa shape index (κ1) is 21.3. The molecule has 1 aliphatic carbocycles. The van der Waals surface area contributed by atoms with E-state index in [1.165, 1.54) is 12.8 Å². The molecule has 1 N–H and O–H groups in total. The van der Waals surface area contributed by atoms with Crippen molar-refractivity contribution in [2.24, 2.45) is 5.92 Å². The van der Waals surface area contributed by atoms with Crippen LogP contribution >= 0.6 is 0 Å². The normalized spacial score (nSPS) is 13.9. The van der Waals surface area contributed by atoms with Gasteiger partial charge in [0.2, 0.25) is 0 Å². The van der Waals surface area contributed by atoms with Gasteiger partial charge in [0, 0.05) is 30.2 Å². The van der Waals surface area contributed by atoms with Gasteiger partial charge in [-0.3, -0.25) is 0 Å². The van der Waals surface area contributed by atoms with Gasteiger partial charge in [-0.25, -0.2) is 4.79 Å². The van der Waals surface area contributed by atoms with Gasteiger partial charge in [0.15, 0.2) is 0 Å². The van der Waals surface area contributed by atoms with Crippen LogP contribution in [0.25, 0.3) is 10.9 Å². The molecule has 1 aliphatic rings. The summed E-state index contributed by atoms with van der Waals surface area (Å²) in [6.07, 6.45) is 4.95. The Labute approximate surface area is 184 Å². The Bertz CT molecular complexity index is 1020. The fourth-order valence-electron chi connectivity index (χ4n) is 3.72. The highest BCUT2D eigenvalue weighted by molar-refractivity contribution is 5.89. The number of nitrogens with zero attached hydrogens (tertiary/aromatic N) is 1. The second-order valence-electron chi connectivity index (χ2n) is 9.39. The molecule has 2 aromatic carbocycles. The molecule has 0 radical (unpaired) electrons. The number of hydrogen-bond acceptors (Lipinski definition) is 3. The molecule has 0 spiro atoms. The molecule has 4 rings (SSSR count). The number of ether oxygens (including phenoxy) is 2. The van der Waals surface area contributed by atoms with E-state index in [-0.39, 0.29) is 6.09 Å². The lowest BCUT2D eigenvalue weighted by Gasteiger charge is -2.27. The number of aromatic nitrogens is 1. The number of carbonyl (C=O) groups is 1. The maximum Gasteiger partial charge on any atom is 0.410 e. The van der Waals surface area contributed by atoms with Crippen molar-refractivity contribution in [3.05, 3.63) is 65.9 Å². The van der Waals surface area contributed by atoms with Crippen LogP contribution in [0.15, 0.2) is 54.7 Å². The van der Waals surface area contributed by atoms with Crippen molar-refractivity contribution >= 4 is 17.0 Å². The zero-order valence-electron chi connectivity index (χ0n) is 18.7. The summed E-state index contributed by atoms with van der Waals surface area (Å²) in [7, 11) is 0. The molecule has 0 bridgehead atoms. The Morgan fingerprint density at radius 2 is 1.87 bits per heavy atom. The molecule has 5 nitrogen and oxygen atoms in total. The van der Waals surface area contributed by atoms with Crippen LogP contribution in [0.5, 0.6) is 5.75 Å². The number of benzene rings is 2. The van der Waals surface area contributed by atoms with Crippen molar-refractivity contribution in [1.82, 2.24) is 9.88 Å². The molecule has 0 atom stereocenters. The smallest absolute Gasteiger partial charge is 0.410 e. The fraction of sp³-hybridized carbons (Fsp3) is 0.423. The van der Waals surface area contributed by atoms with E-state index >= 15 is 0 Å². The third-order valence-electron chi connectivity index (χ3n) is 5.46. The van der Waals surface area contributed by atoms with Crippen LogP contribution in [-0.4, -0.2) is 34.7 Å². The second-order valence-corrected chi connectivity index (χ2v) is 9.39. The van der Waals surface area contributed by atoms with E-state index in [0.29, 0.717) is 19.1 Å². The van der Waals surface area contributed by atoms with Crippen LogP contribution in [-0.2, 0) is 17.8 Å². The molecule has 0 saturated heterocycles. The summed E-state index contributed by atoms with van der Waals surface area (Å²) in [6, 6.07) is 16.2. The number of carbonyl (C=O) groups excluding carboxylic acids is 1. The largest absolute Gasteiger partial charge is 0.488 e. The average Bonchev–Trinajstić information content (AvgIpc) is 3.46. The molecule has 0 unspecified atom stereocenters. The SMILES string of the molecule is CC(C)(C)OC(=O)N(CCc1c[nH]c2cccc(OCc3ccccc3)c12)CC1CC1. The summed E-state index contributed by atoms with van der Waals surface area (Å²) >= 11 is 0. The van der Waals surface area contributed by atoms with Crippen LogP contribution in [0.2, 0.25) is 0 Å². The summed E-state index contributed by atoms with van der Waals surface area (Å²) in [5.74, 6) is 1.48. The van der Waals surface area contributed by atoms with Crippen molar-refractivity contribution in [3.8, 4) is 5.75 Å². The lowest BCUT2D eigenvalue weighted by Crippen LogP contribution is -2.39. The highest BCUT2D eigenvalue weighted by atomic mass is 16.6. The Balaban J connectivity index is 1.48. The molecule has 1 amide bonds. The molecule has 1 fully saturated rings. The summed E-state index contributed by atoms with van der Waals surface area (Å²) in [6.45, 7) is 7.67. The first-order valence-corrected chi connectivity index (χ1v) is 11.1. The van der Waals surface area contributed by atoms with E-state index in [9.17, 15) is 4.79 Å². The molecule has 164 valence electrons. The number of rotatable bonds is 8. The molecule has 31 heavy (non-hydrogen) atoms. The van der Waals surface area contributed by atoms with E-state index < -0.39 is 5.60 Å². The first-order valence-electron chi connectivity index (χ1n) is 11.1. The van der Waals surface area contributed by atoms with Crippen LogP contribution in [0.3, 0.4) is 0 Å². The van der Waals surface area contributed by atoms with Crippen LogP contribution in [0, 0.1) is 5.92 Å². The Morgan fingerprint density at radius 1 is 1.10 bits per heavy atom. The highest BCUT2D eigenvalue weighted by Gasteiger charge is 2.29. The van der Waals surface area contributed by atoms with Gasteiger partial charge in [0.05, 0.1) is 0 Å². The van der Waals surface area contributed by atoms with Crippen molar-refractivity contribution in [2.45, 2.75) is 52.2 Å². The summed E-state index contributed by atoms with van der Waals surface area (Å²) in [4.78, 5) is 18.0. The first-order chi connectivity index (χ1) is 14.9. The maximum absolute atomic E-state index is 12.7. The number of nitrogens with one attached hydrogen (secondary N) is 1. The van der Waals surface area contributed by atoms with E-state index in [1.807, 2.05) is 62.2 Å². The number of amides is 1. The molecule has 5 heteroatoms. The van der Waals surface area contributed by atoms with E-state index in [0.717, 1.165) is 40.7 Å². The maximum atomic E-state index is 12.7. The van der Waals surface area contributed by atoms with E-state index in [1.54, 1.807) is 0 Å². The molecule has 1 aromatic heterocycles. The van der Waals surface area contributed by atoms with E-state index in [2.05, 4.69) is 23.2 Å². The predicted molar refractivity (Wildman–Crippen MR) is 123 cm³/mol. The highest BCUT2D eigenvalue weighted by Crippen LogP contribution is 2.32. The minimum absolute atomic E-state index is 0.222.